The van der Waals surface area contributed by atoms with Crippen molar-refractivity contribution in [1.29, 1.82) is 5.26 Å². The van der Waals surface area contributed by atoms with Crippen LogP contribution >= 0.6 is 0 Å². The molecule has 0 saturated carbocycles. The van der Waals surface area contributed by atoms with Crippen molar-refractivity contribution in [1.82, 2.24) is 4.31 Å². The van der Waals surface area contributed by atoms with Crippen LogP contribution in [0.25, 0.3) is 0 Å². The van der Waals surface area contributed by atoms with Crippen molar-refractivity contribution in [2.24, 2.45) is 0 Å². The van der Waals surface area contributed by atoms with Crippen LogP contribution in [0.2, 0.25) is 0 Å². The van der Waals surface area contributed by atoms with Crippen molar-refractivity contribution in [2.45, 2.75) is 26.3 Å². The van der Waals surface area contributed by atoms with Crippen molar-refractivity contribution in [3.05, 3.63) is 29.6 Å². The lowest BCUT2D eigenvalue weighted by Gasteiger charge is -2.23. The molecule has 0 aromatic heterocycles. The maximum atomic E-state index is 13.6. The Morgan fingerprint density at radius 2 is 2.10 bits per heavy atom. The topological polar surface area (TPSA) is 73.2 Å². The Bertz CT molecular complexity index is 624. The van der Waals surface area contributed by atoms with E-state index in [1.165, 1.54) is 28.8 Å². The largest absolute Gasteiger partial charge is 0.383 e. The molecule has 0 fully saturated rings. The summed E-state index contributed by atoms with van der Waals surface area (Å²) >= 11 is 0. The standard InChI is InChI=1S/C14H20FN3O2S/c1-11(2)18(21(3,19)20)8-4-7-17-14-6-5-12(10-16)9-13(14)15/h5-6,9,11,17H,4,7-8H2,1-3H3. The monoisotopic (exact) mass is 313 g/mol. The molecule has 1 aromatic rings. The molecule has 7 heteroatoms. The third-order valence-corrected chi connectivity index (χ3v) is 4.43. The Morgan fingerprint density at radius 3 is 2.57 bits per heavy atom. The predicted molar refractivity (Wildman–Crippen MR) is 80.9 cm³/mol. The van der Waals surface area contributed by atoms with Gasteiger partial charge >= 0.3 is 0 Å². The number of nitrogens with zero attached hydrogens (tertiary/aromatic N) is 2. The number of nitrogens with one attached hydrogen (secondary N) is 1. The third-order valence-electron chi connectivity index (χ3n) is 2.97. The van der Waals surface area contributed by atoms with Gasteiger partial charge in [0.1, 0.15) is 5.82 Å². The molecular weight excluding hydrogens is 293 g/mol. The summed E-state index contributed by atoms with van der Waals surface area (Å²) < 4.78 is 38.2. The Kier molecular flexibility index (Phi) is 6.12. The van der Waals surface area contributed by atoms with Crippen LogP contribution in [-0.2, 0) is 10.0 Å². The van der Waals surface area contributed by atoms with E-state index in [0.717, 1.165) is 0 Å². The number of anilines is 1. The molecule has 5 nitrogen and oxygen atoms in total. The molecule has 1 aromatic carbocycles. The minimum atomic E-state index is -3.23. The molecule has 0 atom stereocenters. The first-order valence-electron chi connectivity index (χ1n) is 6.66. The summed E-state index contributed by atoms with van der Waals surface area (Å²) in [6.45, 7) is 4.45. The van der Waals surface area contributed by atoms with Crippen LogP contribution in [0.15, 0.2) is 18.2 Å². The van der Waals surface area contributed by atoms with Crippen LogP contribution in [0.3, 0.4) is 0 Å². The lowest BCUT2D eigenvalue weighted by atomic mass is 10.2. The van der Waals surface area contributed by atoms with E-state index in [-0.39, 0.29) is 11.6 Å². The number of halogens is 1. The molecule has 0 aliphatic carbocycles. The van der Waals surface area contributed by atoms with Crippen molar-refractivity contribution in [3.8, 4) is 6.07 Å². The van der Waals surface area contributed by atoms with Gasteiger partial charge in [-0.15, -0.1) is 0 Å². The Morgan fingerprint density at radius 1 is 1.43 bits per heavy atom. The van der Waals surface area contributed by atoms with E-state index in [9.17, 15) is 12.8 Å². The predicted octanol–water partition coefficient (Wildman–Crippen LogP) is 2.17. The average molecular weight is 313 g/mol. The maximum Gasteiger partial charge on any atom is 0.211 e. The van der Waals surface area contributed by atoms with Gasteiger partial charge in [-0.1, -0.05) is 0 Å². The van der Waals surface area contributed by atoms with Crippen LogP contribution in [0.1, 0.15) is 25.8 Å². The van der Waals surface area contributed by atoms with E-state index < -0.39 is 15.8 Å². The number of sulfonamides is 1. The average Bonchev–Trinajstić information content (AvgIpc) is 2.37. The first kappa shape index (κ1) is 17.4. The lowest BCUT2D eigenvalue weighted by molar-refractivity contribution is 0.355. The smallest absolute Gasteiger partial charge is 0.211 e. The lowest BCUT2D eigenvalue weighted by Crippen LogP contribution is -2.37. The second kappa shape index (κ2) is 7.38. The van der Waals surface area contributed by atoms with Crippen LogP contribution in [-0.4, -0.2) is 38.1 Å². The van der Waals surface area contributed by atoms with Gasteiger partial charge in [0.15, 0.2) is 0 Å². The highest BCUT2D eigenvalue weighted by atomic mass is 32.2. The fraction of sp³-hybridized carbons (Fsp3) is 0.500. The van der Waals surface area contributed by atoms with Crippen molar-refractivity contribution in [3.63, 3.8) is 0 Å². The number of rotatable bonds is 7. The molecule has 116 valence electrons. The highest BCUT2D eigenvalue weighted by molar-refractivity contribution is 7.88. The quantitative estimate of drug-likeness (QED) is 0.783. The van der Waals surface area contributed by atoms with Crippen LogP contribution in [0.4, 0.5) is 10.1 Å². The molecule has 0 heterocycles. The Hall–Kier alpha value is -1.65. The molecule has 0 saturated heterocycles. The number of nitriles is 1. The molecule has 0 bridgehead atoms. The summed E-state index contributed by atoms with van der Waals surface area (Å²) in [7, 11) is -3.23. The number of benzene rings is 1. The summed E-state index contributed by atoms with van der Waals surface area (Å²) in [6.07, 6.45) is 1.74. The minimum absolute atomic E-state index is 0.105. The fourth-order valence-corrected chi connectivity index (χ4v) is 3.22. The second-order valence-electron chi connectivity index (χ2n) is 5.05. The first-order chi connectivity index (χ1) is 9.75. The van der Waals surface area contributed by atoms with E-state index in [1.54, 1.807) is 0 Å². The number of hydrogen-bond donors (Lipinski definition) is 1. The minimum Gasteiger partial charge on any atom is -0.383 e. The first-order valence-corrected chi connectivity index (χ1v) is 8.51. The SMILES string of the molecule is CC(C)N(CCCNc1ccc(C#N)cc1F)S(C)(=O)=O. The summed E-state index contributed by atoms with van der Waals surface area (Å²) in [5.74, 6) is -0.488. The summed E-state index contributed by atoms with van der Waals surface area (Å²) in [5.41, 5.74) is 0.575. The maximum absolute atomic E-state index is 13.6. The second-order valence-corrected chi connectivity index (χ2v) is 6.99. The van der Waals surface area contributed by atoms with E-state index in [1.807, 2.05) is 19.9 Å². The van der Waals surface area contributed by atoms with Crippen LogP contribution in [0.5, 0.6) is 0 Å². The molecule has 1 rings (SSSR count). The highest BCUT2D eigenvalue weighted by Crippen LogP contribution is 2.15. The zero-order valence-electron chi connectivity index (χ0n) is 12.4. The third kappa shape index (κ3) is 5.33. The van der Waals surface area contributed by atoms with Gasteiger partial charge in [-0.25, -0.2) is 12.8 Å². The van der Waals surface area contributed by atoms with E-state index in [4.69, 9.17) is 5.26 Å². The number of hydrogen-bond acceptors (Lipinski definition) is 4. The van der Waals surface area contributed by atoms with Gasteiger partial charge in [0.05, 0.1) is 23.6 Å². The van der Waals surface area contributed by atoms with Gasteiger partial charge in [-0.3, -0.25) is 0 Å². The molecule has 0 unspecified atom stereocenters. The van der Waals surface area contributed by atoms with Gasteiger partial charge in [-0.2, -0.15) is 9.57 Å². The summed E-state index contributed by atoms with van der Waals surface area (Å²) in [6, 6.07) is 5.96. The van der Waals surface area contributed by atoms with Gasteiger partial charge in [0.25, 0.3) is 0 Å². The zero-order chi connectivity index (χ0) is 16.0. The Balaban J connectivity index is 2.53. The molecule has 0 spiro atoms. The van der Waals surface area contributed by atoms with Gasteiger partial charge in [0.2, 0.25) is 10.0 Å². The van der Waals surface area contributed by atoms with Crippen molar-refractivity contribution in [2.75, 3.05) is 24.7 Å². The molecule has 0 amide bonds. The van der Waals surface area contributed by atoms with Gasteiger partial charge in [-0.05, 0) is 38.5 Å². The zero-order valence-corrected chi connectivity index (χ0v) is 13.2. The highest BCUT2D eigenvalue weighted by Gasteiger charge is 2.19. The van der Waals surface area contributed by atoms with Crippen LogP contribution < -0.4 is 5.32 Å². The molecule has 0 radical (unpaired) electrons. The van der Waals surface area contributed by atoms with Crippen molar-refractivity contribution < 1.29 is 12.8 Å². The van der Waals surface area contributed by atoms with E-state index in [0.29, 0.717) is 25.2 Å². The molecule has 0 aliphatic rings. The van der Waals surface area contributed by atoms with Gasteiger partial charge in [0, 0.05) is 19.1 Å². The molecule has 0 aliphatic heterocycles. The van der Waals surface area contributed by atoms with Crippen molar-refractivity contribution >= 4 is 15.7 Å². The van der Waals surface area contributed by atoms with Gasteiger partial charge < -0.3 is 5.32 Å². The Labute approximate surface area is 125 Å². The molecule has 21 heavy (non-hydrogen) atoms. The van der Waals surface area contributed by atoms with E-state index >= 15 is 0 Å². The molecule has 1 N–H and O–H groups in total. The summed E-state index contributed by atoms with van der Waals surface area (Å²) in [4.78, 5) is 0. The fourth-order valence-electron chi connectivity index (χ4n) is 1.99. The molecular formula is C14H20FN3O2S. The van der Waals surface area contributed by atoms with Crippen LogP contribution in [0, 0.1) is 17.1 Å². The van der Waals surface area contributed by atoms with E-state index in [2.05, 4.69) is 5.32 Å². The summed E-state index contributed by atoms with van der Waals surface area (Å²) in [5, 5.41) is 11.6. The normalized spacial score (nSPS) is 11.7.